The third kappa shape index (κ3) is 6.16. The van der Waals surface area contributed by atoms with Crippen molar-refractivity contribution < 1.29 is 38.2 Å². The first-order valence-corrected chi connectivity index (χ1v) is 10.8. The van der Waals surface area contributed by atoms with E-state index < -0.39 is 35.4 Å². The van der Waals surface area contributed by atoms with Crippen LogP contribution in [0.2, 0.25) is 0 Å². The summed E-state index contributed by atoms with van der Waals surface area (Å²) >= 11 is 0. The zero-order chi connectivity index (χ0) is 24.9. The van der Waals surface area contributed by atoms with Crippen LogP contribution in [0.1, 0.15) is 47.4 Å². The first-order chi connectivity index (χ1) is 16.1. The van der Waals surface area contributed by atoms with Gasteiger partial charge in [0.25, 0.3) is 11.8 Å². The summed E-state index contributed by atoms with van der Waals surface area (Å²) < 4.78 is 16.2. The van der Waals surface area contributed by atoms with Gasteiger partial charge in [0, 0.05) is 13.0 Å². The van der Waals surface area contributed by atoms with E-state index in [-0.39, 0.29) is 68.6 Å². The van der Waals surface area contributed by atoms with Gasteiger partial charge in [0.1, 0.15) is 30.7 Å². The lowest BCUT2D eigenvalue weighted by atomic mass is 10.0. The van der Waals surface area contributed by atoms with E-state index in [1.165, 1.54) is 6.07 Å². The summed E-state index contributed by atoms with van der Waals surface area (Å²) in [4.78, 5) is 61.9. The Morgan fingerprint density at radius 2 is 1.94 bits per heavy atom. The predicted octanol–water partition coefficient (Wildman–Crippen LogP) is -0.689. The Labute approximate surface area is 196 Å². The molecule has 0 saturated carbocycles. The number of nitrogens with one attached hydrogen (secondary N) is 2. The zero-order valence-corrected chi connectivity index (χ0v) is 19.0. The maximum Gasteiger partial charge on any atom is 0.266 e. The minimum absolute atomic E-state index is 0.0446. The average Bonchev–Trinajstić information content (AvgIpc) is 3.02. The van der Waals surface area contributed by atoms with Gasteiger partial charge in [-0.3, -0.25) is 34.2 Å². The summed E-state index contributed by atoms with van der Waals surface area (Å²) in [5, 5.41) is 4.78. The van der Waals surface area contributed by atoms with Crippen molar-refractivity contribution in [2.75, 3.05) is 33.0 Å². The van der Waals surface area contributed by atoms with E-state index >= 15 is 0 Å². The number of piperidine rings is 1. The predicted molar refractivity (Wildman–Crippen MR) is 117 cm³/mol. The Morgan fingerprint density at radius 1 is 1.18 bits per heavy atom. The molecule has 0 spiro atoms. The molecule has 5 amide bonds. The van der Waals surface area contributed by atoms with Gasteiger partial charge in [-0.2, -0.15) is 0 Å². The van der Waals surface area contributed by atoms with Gasteiger partial charge in [0.05, 0.1) is 24.3 Å². The normalized spacial score (nSPS) is 18.1. The SMILES string of the molecule is CC(C)(N)OCC(=O)NCCOCCOc1cccc2c1C(=O)N(C1CCC(=O)NC1=O)C2=O. The number of amides is 5. The van der Waals surface area contributed by atoms with Crippen molar-refractivity contribution in [3.05, 3.63) is 29.3 Å². The van der Waals surface area contributed by atoms with Crippen molar-refractivity contribution in [3.63, 3.8) is 0 Å². The summed E-state index contributed by atoms with van der Waals surface area (Å²) in [6.07, 6.45) is 0.121. The topological polar surface area (TPSA) is 166 Å². The van der Waals surface area contributed by atoms with Crippen molar-refractivity contribution in [1.82, 2.24) is 15.5 Å². The summed E-state index contributed by atoms with van der Waals surface area (Å²) in [6.45, 7) is 3.88. The maximum atomic E-state index is 13.0. The van der Waals surface area contributed by atoms with E-state index in [9.17, 15) is 24.0 Å². The number of carbonyl (C=O) groups is 5. The molecule has 1 fully saturated rings. The zero-order valence-electron chi connectivity index (χ0n) is 19.0. The second-order valence-corrected chi connectivity index (χ2v) is 8.33. The molecule has 12 nitrogen and oxygen atoms in total. The maximum absolute atomic E-state index is 13.0. The lowest BCUT2D eigenvalue weighted by Crippen LogP contribution is -2.54. The standard InChI is InChI=1S/C22H28N4O8/c1-22(2,23)34-12-17(28)24-8-9-32-10-11-33-15-5-3-4-13-18(15)21(31)26(20(13)30)14-6-7-16(27)25-19(14)29/h3-5,14H,6-12,23H2,1-2H3,(H,24,28)(H,25,27,29). The largest absolute Gasteiger partial charge is 0.490 e. The smallest absolute Gasteiger partial charge is 0.266 e. The van der Waals surface area contributed by atoms with Crippen molar-refractivity contribution in [2.45, 2.75) is 38.5 Å². The molecule has 2 heterocycles. The molecule has 2 aliphatic heterocycles. The highest BCUT2D eigenvalue weighted by atomic mass is 16.5. The van der Waals surface area contributed by atoms with Gasteiger partial charge in [-0.1, -0.05) is 6.07 Å². The van der Waals surface area contributed by atoms with Crippen molar-refractivity contribution in [1.29, 1.82) is 0 Å². The second kappa shape index (κ2) is 10.7. The highest BCUT2D eigenvalue weighted by molar-refractivity contribution is 6.24. The lowest BCUT2D eigenvalue weighted by Gasteiger charge is -2.27. The van der Waals surface area contributed by atoms with E-state index in [1.54, 1.807) is 26.0 Å². The fraction of sp³-hybridized carbons (Fsp3) is 0.500. The van der Waals surface area contributed by atoms with E-state index in [4.69, 9.17) is 19.9 Å². The average molecular weight is 476 g/mol. The molecule has 1 atom stereocenters. The van der Waals surface area contributed by atoms with Gasteiger partial charge in [-0.05, 0) is 32.4 Å². The lowest BCUT2D eigenvalue weighted by molar-refractivity contribution is -0.136. The van der Waals surface area contributed by atoms with Crippen molar-refractivity contribution >= 4 is 29.5 Å². The van der Waals surface area contributed by atoms with Crippen LogP contribution in [0.15, 0.2) is 18.2 Å². The second-order valence-electron chi connectivity index (χ2n) is 8.33. The summed E-state index contributed by atoms with van der Waals surface area (Å²) in [7, 11) is 0. The van der Waals surface area contributed by atoms with Gasteiger partial charge in [-0.15, -0.1) is 0 Å². The van der Waals surface area contributed by atoms with Crippen LogP contribution in [0.5, 0.6) is 5.75 Å². The number of benzene rings is 1. The van der Waals surface area contributed by atoms with Crippen LogP contribution in [0.25, 0.3) is 0 Å². The van der Waals surface area contributed by atoms with E-state index in [0.29, 0.717) is 0 Å². The van der Waals surface area contributed by atoms with E-state index in [2.05, 4.69) is 10.6 Å². The molecule has 4 N–H and O–H groups in total. The number of imide groups is 2. The number of nitrogens with two attached hydrogens (primary N) is 1. The molecular weight excluding hydrogens is 448 g/mol. The Balaban J connectivity index is 1.47. The molecule has 0 aliphatic carbocycles. The van der Waals surface area contributed by atoms with Crippen LogP contribution in [0.3, 0.4) is 0 Å². The minimum Gasteiger partial charge on any atom is -0.490 e. The van der Waals surface area contributed by atoms with Gasteiger partial charge >= 0.3 is 0 Å². The molecular formula is C22H28N4O8. The number of nitrogens with zero attached hydrogens (tertiary/aromatic N) is 1. The third-order valence-electron chi connectivity index (χ3n) is 5.06. The summed E-state index contributed by atoms with van der Waals surface area (Å²) in [6, 6.07) is 3.58. The fourth-order valence-corrected chi connectivity index (χ4v) is 3.48. The molecule has 34 heavy (non-hydrogen) atoms. The quantitative estimate of drug-likeness (QED) is 0.213. The van der Waals surface area contributed by atoms with Crippen LogP contribution >= 0.6 is 0 Å². The first kappa shape index (κ1) is 25.3. The Morgan fingerprint density at radius 3 is 2.65 bits per heavy atom. The van der Waals surface area contributed by atoms with Gasteiger partial charge in [-0.25, -0.2) is 0 Å². The molecule has 1 aromatic rings. The number of hydrogen-bond acceptors (Lipinski definition) is 9. The molecule has 0 aromatic heterocycles. The van der Waals surface area contributed by atoms with E-state index in [1.807, 2.05) is 0 Å². The van der Waals surface area contributed by atoms with Crippen molar-refractivity contribution in [3.8, 4) is 5.75 Å². The number of ether oxygens (including phenoxy) is 3. The molecule has 3 rings (SSSR count). The molecule has 1 aromatic carbocycles. The molecule has 184 valence electrons. The Hall–Kier alpha value is -3.35. The molecule has 0 radical (unpaired) electrons. The summed E-state index contributed by atoms with van der Waals surface area (Å²) in [5.74, 6) is -2.47. The van der Waals surface area contributed by atoms with Crippen molar-refractivity contribution in [2.24, 2.45) is 5.73 Å². The highest BCUT2D eigenvalue weighted by Crippen LogP contribution is 2.33. The Bertz CT molecular complexity index is 988. The van der Waals surface area contributed by atoms with Crippen LogP contribution in [0.4, 0.5) is 0 Å². The molecule has 0 bridgehead atoms. The van der Waals surface area contributed by atoms with Gasteiger partial charge < -0.3 is 25.3 Å². The number of hydrogen-bond donors (Lipinski definition) is 3. The molecule has 1 saturated heterocycles. The van der Waals surface area contributed by atoms with Gasteiger partial charge in [0.15, 0.2) is 0 Å². The number of carbonyl (C=O) groups excluding carboxylic acids is 5. The summed E-state index contributed by atoms with van der Waals surface area (Å²) in [5.41, 5.74) is 4.95. The number of fused-ring (bicyclic) bond motifs is 1. The molecule has 1 unspecified atom stereocenters. The monoisotopic (exact) mass is 476 g/mol. The molecule has 12 heteroatoms. The van der Waals surface area contributed by atoms with Crippen LogP contribution in [0, 0.1) is 0 Å². The van der Waals surface area contributed by atoms with Crippen LogP contribution in [-0.2, 0) is 23.9 Å². The third-order valence-corrected chi connectivity index (χ3v) is 5.06. The first-order valence-electron chi connectivity index (χ1n) is 10.8. The molecule has 2 aliphatic rings. The fourth-order valence-electron chi connectivity index (χ4n) is 3.48. The van der Waals surface area contributed by atoms with Crippen LogP contribution in [-0.4, -0.2) is 79.2 Å². The Kier molecular flexibility index (Phi) is 7.97. The highest BCUT2D eigenvalue weighted by Gasteiger charge is 2.45. The van der Waals surface area contributed by atoms with Gasteiger partial charge in [0.2, 0.25) is 17.7 Å². The van der Waals surface area contributed by atoms with Crippen LogP contribution < -0.4 is 21.1 Å². The van der Waals surface area contributed by atoms with E-state index in [0.717, 1.165) is 4.90 Å². The minimum atomic E-state index is -1.04. The number of rotatable bonds is 11.